The van der Waals surface area contributed by atoms with Gasteiger partial charge < -0.3 is 9.73 Å². The predicted molar refractivity (Wildman–Crippen MR) is 97.2 cm³/mol. The van der Waals surface area contributed by atoms with Crippen molar-refractivity contribution in [2.45, 2.75) is 19.9 Å². The number of furan rings is 1. The summed E-state index contributed by atoms with van der Waals surface area (Å²) in [5.41, 5.74) is 1.52. The Morgan fingerprint density at radius 3 is 2.62 bits per heavy atom. The Hall–Kier alpha value is -2.47. The number of nitrogens with zero attached hydrogens (tertiary/aromatic N) is 2. The van der Waals surface area contributed by atoms with E-state index in [0.29, 0.717) is 17.4 Å². The zero-order chi connectivity index (χ0) is 16.9. The van der Waals surface area contributed by atoms with Crippen molar-refractivity contribution in [2.24, 2.45) is 11.1 Å². The van der Waals surface area contributed by atoms with Crippen molar-refractivity contribution in [3.8, 4) is 11.5 Å². The lowest BCUT2D eigenvalue weighted by Gasteiger charge is -2.08. The van der Waals surface area contributed by atoms with E-state index in [0.717, 1.165) is 22.1 Å². The van der Waals surface area contributed by atoms with Crippen LogP contribution in [0.25, 0.3) is 11.5 Å². The van der Waals surface area contributed by atoms with Gasteiger partial charge in [-0.1, -0.05) is 60.7 Å². The van der Waals surface area contributed by atoms with Gasteiger partial charge in [-0.05, 0) is 23.6 Å². The van der Waals surface area contributed by atoms with Crippen LogP contribution in [0.15, 0.2) is 58.3 Å². The SMILES string of the molecule is CC(C)CNc1nc(-c2ccco2)c(C(N=O)c2ccccc2)s1. The largest absolute Gasteiger partial charge is 0.463 e. The maximum atomic E-state index is 11.6. The summed E-state index contributed by atoms with van der Waals surface area (Å²) >= 11 is 1.45. The molecular formula is C18H19N3O2S. The zero-order valence-electron chi connectivity index (χ0n) is 13.6. The van der Waals surface area contributed by atoms with Gasteiger partial charge in [-0.3, -0.25) is 0 Å². The van der Waals surface area contributed by atoms with Crippen LogP contribution in [0.4, 0.5) is 5.13 Å². The standard InChI is InChI=1S/C18H19N3O2S/c1-12(2)11-19-18-20-16(14-9-6-10-23-14)17(24-18)15(21-22)13-7-4-3-5-8-13/h3-10,12,15H,11H2,1-2H3,(H,19,20). The van der Waals surface area contributed by atoms with Crippen LogP contribution in [0.2, 0.25) is 0 Å². The Morgan fingerprint density at radius 1 is 1.21 bits per heavy atom. The van der Waals surface area contributed by atoms with Crippen molar-refractivity contribution in [1.29, 1.82) is 0 Å². The summed E-state index contributed by atoms with van der Waals surface area (Å²) in [6.45, 7) is 5.08. The smallest absolute Gasteiger partial charge is 0.183 e. The molecule has 0 aliphatic heterocycles. The van der Waals surface area contributed by atoms with E-state index in [2.05, 4.69) is 29.3 Å². The first-order valence-electron chi connectivity index (χ1n) is 7.85. The number of aromatic nitrogens is 1. The van der Waals surface area contributed by atoms with Crippen molar-refractivity contribution < 1.29 is 4.42 Å². The summed E-state index contributed by atoms with van der Waals surface area (Å²) in [6, 6.07) is 12.6. The monoisotopic (exact) mass is 341 g/mol. The molecule has 3 rings (SSSR count). The van der Waals surface area contributed by atoms with Gasteiger partial charge in [0.1, 0.15) is 5.69 Å². The minimum absolute atomic E-state index is 0.499. The second-order valence-electron chi connectivity index (χ2n) is 5.90. The van der Waals surface area contributed by atoms with Crippen LogP contribution in [-0.2, 0) is 0 Å². The fourth-order valence-electron chi connectivity index (χ4n) is 2.37. The molecule has 1 atom stereocenters. The fraction of sp³-hybridized carbons (Fsp3) is 0.278. The van der Waals surface area contributed by atoms with Gasteiger partial charge in [-0.2, -0.15) is 0 Å². The van der Waals surface area contributed by atoms with Crippen molar-refractivity contribution in [3.63, 3.8) is 0 Å². The second kappa shape index (κ2) is 7.40. The van der Waals surface area contributed by atoms with Gasteiger partial charge in [-0.25, -0.2) is 4.98 Å². The Labute approximate surface area is 144 Å². The van der Waals surface area contributed by atoms with Gasteiger partial charge in [0.25, 0.3) is 0 Å². The Balaban J connectivity index is 2.02. The number of benzene rings is 1. The lowest BCUT2D eigenvalue weighted by molar-refractivity contribution is 0.579. The van der Waals surface area contributed by atoms with Crippen LogP contribution in [0.3, 0.4) is 0 Å². The van der Waals surface area contributed by atoms with Crippen molar-refractivity contribution >= 4 is 16.5 Å². The lowest BCUT2D eigenvalue weighted by atomic mass is 10.0. The van der Waals surface area contributed by atoms with Gasteiger partial charge >= 0.3 is 0 Å². The number of hydrogen-bond acceptors (Lipinski definition) is 6. The number of rotatable bonds is 7. The Kier molecular flexibility index (Phi) is 5.05. The van der Waals surface area contributed by atoms with Crippen LogP contribution in [-0.4, -0.2) is 11.5 Å². The van der Waals surface area contributed by atoms with Crippen LogP contribution in [0, 0.1) is 10.8 Å². The summed E-state index contributed by atoms with van der Waals surface area (Å²) in [5, 5.41) is 7.45. The van der Waals surface area contributed by atoms with Gasteiger partial charge in [-0.15, -0.1) is 4.91 Å². The molecule has 0 saturated carbocycles. The highest BCUT2D eigenvalue weighted by Gasteiger charge is 2.25. The Morgan fingerprint density at radius 2 is 2.00 bits per heavy atom. The minimum atomic E-state index is -0.599. The molecule has 0 radical (unpaired) electrons. The quantitative estimate of drug-likeness (QED) is 0.590. The number of thiazole rings is 1. The van der Waals surface area contributed by atoms with Crippen molar-refractivity contribution in [2.75, 3.05) is 11.9 Å². The average Bonchev–Trinajstić information content (AvgIpc) is 3.24. The molecule has 5 nitrogen and oxygen atoms in total. The minimum Gasteiger partial charge on any atom is -0.463 e. The maximum absolute atomic E-state index is 11.6. The number of nitroso groups, excluding NO2 is 1. The molecule has 3 aromatic rings. The topological polar surface area (TPSA) is 67.5 Å². The summed E-state index contributed by atoms with van der Waals surface area (Å²) in [5.74, 6) is 1.14. The average molecular weight is 341 g/mol. The molecule has 0 fully saturated rings. The molecule has 6 heteroatoms. The van der Waals surface area contributed by atoms with E-state index < -0.39 is 6.04 Å². The van der Waals surface area contributed by atoms with Crippen LogP contribution in [0.5, 0.6) is 0 Å². The summed E-state index contributed by atoms with van der Waals surface area (Å²) in [7, 11) is 0. The summed E-state index contributed by atoms with van der Waals surface area (Å²) in [4.78, 5) is 17.0. The zero-order valence-corrected chi connectivity index (χ0v) is 14.4. The van der Waals surface area contributed by atoms with Gasteiger partial charge in [0.05, 0.1) is 11.1 Å². The first-order chi connectivity index (χ1) is 11.7. The van der Waals surface area contributed by atoms with E-state index in [1.54, 1.807) is 6.26 Å². The van der Waals surface area contributed by atoms with Gasteiger partial charge in [0.2, 0.25) is 0 Å². The molecule has 124 valence electrons. The molecule has 2 heterocycles. The predicted octanol–water partition coefficient (Wildman–Crippen LogP) is 5.33. The van der Waals surface area contributed by atoms with Crippen molar-refractivity contribution in [1.82, 2.24) is 4.98 Å². The molecule has 0 saturated heterocycles. The van der Waals surface area contributed by atoms with Crippen LogP contribution in [0.1, 0.15) is 30.3 Å². The van der Waals surface area contributed by atoms with E-state index in [1.165, 1.54) is 11.3 Å². The molecule has 1 unspecified atom stereocenters. The van der Waals surface area contributed by atoms with Crippen molar-refractivity contribution in [3.05, 3.63) is 64.1 Å². The summed E-state index contributed by atoms with van der Waals surface area (Å²) < 4.78 is 5.50. The molecule has 1 N–H and O–H groups in total. The molecule has 24 heavy (non-hydrogen) atoms. The third-order valence-electron chi connectivity index (χ3n) is 3.54. The highest BCUT2D eigenvalue weighted by atomic mass is 32.1. The molecule has 0 aliphatic carbocycles. The lowest BCUT2D eigenvalue weighted by Crippen LogP contribution is -2.07. The molecule has 0 amide bonds. The molecule has 0 bridgehead atoms. The van der Waals surface area contributed by atoms with Gasteiger partial charge in [0, 0.05) is 6.54 Å². The Bertz CT molecular complexity index is 782. The molecule has 0 aliphatic rings. The number of anilines is 1. The highest BCUT2D eigenvalue weighted by molar-refractivity contribution is 7.16. The third-order valence-corrected chi connectivity index (χ3v) is 4.60. The normalized spacial score (nSPS) is 12.3. The summed E-state index contributed by atoms with van der Waals surface area (Å²) in [6.07, 6.45) is 1.60. The second-order valence-corrected chi connectivity index (χ2v) is 6.93. The first kappa shape index (κ1) is 16.4. The van der Waals surface area contributed by atoms with E-state index in [4.69, 9.17) is 4.42 Å². The maximum Gasteiger partial charge on any atom is 0.183 e. The first-order valence-corrected chi connectivity index (χ1v) is 8.66. The highest BCUT2D eigenvalue weighted by Crippen LogP contribution is 2.40. The number of hydrogen-bond donors (Lipinski definition) is 1. The molecule has 1 aromatic carbocycles. The fourth-order valence-corrected chi connectivity index (χ4v) is 3.40. The third kappa shape index (κ3) is 3.54. The molecule has 0 spiro atoms. The van der Waals surface area contributed by atoms with Crippen LogP contribution < -0.4 is 5.32 Å². The molecule has 2 aromatic heterocycles. The molecular weight excluding hydrogens is 322 g/mol. The number of nitrogens with one attached hydrogen (secondary N) is 1. The van der Waals surface area contributed by atoms with Gasteiger partial charge in [0.15, 0.2) is 16.9 Å². The van der Waals surface area contributed by atoms with E-state index in [9.17, 15) is 4.91 Å². The van der Waals surface area contributed by atoms with E-state index >= 15 is 0 Å². The van der Waals surface area contributed by atoms with E-state index in [-0.39, 0.29) is 0 Å². The van der Waals surface area contributed by atoms with Crippen LogP contribution >= 0.6 is 11.3 Å². The van der Waals surface area contributed by atoms with E-state index in [1.807, 2.05) is 42.5 Å².